The Morgan fingerprint density at radius 3 is 2.44 bits per heavy atom. The normalized spacial score (nSPS) is 32.0. The monoisotopic (exact) mass is 256 g/mol. The number of nitrogens with zero attached hydrogens (tertiary/aromatic N) is 1. The zero-order chi connectivity index (χ0) is 13.2. The lowest BCUT2D eigenvalue weighted by molar-refractivity contribution is -0.187. The largest absolute Gasteiger partial charge is 0.356 e. The van der Waals surface area contributed by atoms with Gasteiger partial charge in [-0.05, 0) is 59.5 Å². The third kappa shape index (κ3) is 3.92. The van der Waals surface area contributed by atoms with Crippen LogP contribution in [0.4, 0.5) is 0 Å². The zero-order valence-electron chi connectivity index (χ0n) is 12.0. The molecule has 1 aliphatic heterocycles. The molecule has 1 saturated heterocycles. The van der Waals surface area contributed by atoms with E-state index in [0.717, 1.165) is 6.42 Å². The lowest BCUT2D eigenvalue weighted by atomic mass is 10.1. The Balaban J connectivity index is 1.83. The van der Waals surface area contributed by atoms with Crippen molar-refractivity contribution in [2.75, 3.05) is 13.1 Å². The number of aliphatic hydroxyl groups is 1. The van der Waals surface area contributed by atoms with Gasteiger partial charge in [0.1, 0.15) is 0 Å². The van der Waals surface area contributed by atoms with E-state index in [-0.39, 0.29) is 5.60 Å². The van der Waals surface area contributed by atoms with Gasteiger partial charge in [-0.1, -0.05) is 6.42 Å². The van der Waals surface area contributed by atoms with Crippen LogP contribution in [0.15, 0.2) is 0 Å². The Bertz CT molecular complexity index is 259. The van der Waals surface area contributed by atoms with Crippen LogP contribution in [0.25, 0.3) is 0 Å². The maximum absolute atomic E-state index is 9.95. The van der Waals surface area contributed by atoms with Gasteiger partial charge in [-0.15, -0.1) is 0 Å². The first-order chi connectivity index (χ1) is 8.46. The van der Waals surface area contributed by atoms with Crippen LogP contribution >= 0.6 is 0 Å². The van der Waals surface area contributed by atoms with Crippen LogP contribution in [0.5, 0.6) is 0 Å². The van der Waals surface area contributed by atoms with E-state index in [1.54, 1.807) is 0 Å². The van der Waals surface area contributed by atoms with Gasteiger partial charge in [-0.25, -0.2) is 0 Å². The first kappa shape index (κ1) is 14.3. The van der Waals surface area contributed by atoms with Crippen molar-refractivity contribution in [1.82, 2.24) is 10.2 Å². The molecule has 0 aromatic carbocycles. The minimum atomic E-state index is -0.849. The standard InChI is InChI=1S/C14H28N2O2/c1-14(2,3)18-13(17)15-11-7-6-8-12(11)16-9-4-5-10-16/h11-13,15,17H,4-10H2,1-3H3/t11-,12+,13?/m0/s1. The Hall–Kier alpha value is -0.160. The summed E-state index contributed by atoms with van der Waals surface area (Å²) in [6.45, 7) is 8.33. The topological polar surface area (TPSA) is 44.7 Å². The van der Waals surface area contributed by atoms with Gasteiger partial charge in [-0.3, -0.25) is 10.2 Å². The van der Waals surface area contributed by atoms with Gasteiger partial charge >= 0.3 is 0 Å². The van der Waals surface area contributed by atoms with Gasteiger partial charge in [0.25, 0.3) is 0 Å². The highest BCUT2D eigenvalue weighted by molar-refractivity contribution is 4.91. The van der Waals surface area contributed by atoms with Crippen molar-refractivity contribution in [1.29, 1.82) is 0 Å². The summed E-state index contributed by atoms with van der Waals surface area (Å²) in [5.41, 5.74) is -0.311. The van der Waals surface area contributed by atoms with Crippen LogP contribution < -0.4 is 5.32 Å². The molecule has 1 heterocycles. The molecule has 0 bridgehead atoms. The second-order valence-electron chi connectivity index (χ2n) is 6.60. The summed E-state index contributed by atoms with van der Waals surface area (Å²) in [5.74, 6) is 0. The zero-order valence-corrected chi connectivity index (χ0v) is 12.0. The number of hydrogen-bond acceptors (Lipinski definition) is 4. The first-order valence-electron chi connectivity index (χ1n) is 7.32. The van der Waals surface area contributed by atoms with Crippen molar-refractivity contribution in [2.24, 2.45) is 0 Å². The summed E-state index contributed by atoms with van der Waals surface area (Å²) in [6, 6.07) is 0.964. The Morgan fingerprint density at radius 1 is 1.17 bits per heavy atom. The van der Waals surface area contributed by atoms with E-state index in [4.69, 9.17) is 4.74 Å². The number of aliphatic hydroxyl groups excluding tert-OH is 1. The first-order valence-corrected chi connectivity index (χ1v) is 7.32. The highest BCUT2D eigenvalue weighted by Crippen LogP contribution is 2.27. The molecule has 2 rings (SSSR count). The molecular weight excluding hydrogens is 228 g/mol. The van der Waals surface area contributed by atoms with Gasteiger partial charge < -0.3 is 9.84 Å². The predicted octanol–water partition coefficient (Wildman–Crippen LogP) is 1.68. The van der Waals surface area contributed by atoms with E-state index in [0.29, 0.717) is 12.1 Å². The van der Waals surface area contributed by atoms with Crippen molar-refractivity contribution in [3.63, 3.8) is 0 Å². The second kappa shape index (κ2) is 5.87. The van der Waals surface area contributed by atoms with Crippen molar-refractivity contribution in [3.8, 4) is 0 Å². The SMILES string of the molecule is CC(C)(C)OC(O)N[C@H]1CCC[C@H]1N1CCCC1. The van der Waals surface area contributed by atoms with E-state index >= 15 is 0 Å². The summed E-state index contributed by atoms with van der Waals surface area (Å²) in [4.78, 5) is 2.58. The molecule has 2 N–H and O–H groups in total. The lowest BCUT2D eigenvalue weighted by Crippen LogP contribution is -2.51. The van der Waals surface area contributed by atoms with E-state index < -0.39 is 6.41 Å². The fraction of sp³-hybridized carbons (Fsp3) is 1.00. The molecule has 0 aromatic heterocycles. The molecule has 0 aromatic rings. The van der Waals surface area contributed by atoms with E-state index in [1.165, 1.54) is 38.8 Å². The minimum Gasteiger partial charge on any atom is -0.356 e. The average molecular weight is 256 g/mol. The molecule has 0 radical (unpaired) electrons. The van der Waals surface area contributed by atoms with Crippen LogP contribution in [0, 0.1) is 0 Å². The summed E-state index contributed by atoms with van der Waals surface area (Å²) in [5, 5.41) is 13.2. The summed E-state index contributed by atoms with van der Waals surface area (Å²) in [6.07, 6.45) is 5.44. The smallest absolute Gasteiger partial charge is 0.214 e. The molecule has 1 aliphatic carbocycles. The average Bonchev–Trinajstić information content (AvgIpc) is 2.82. The molecular formula is C14H28N2O2. The highest BCUT2D eigenvalue weighted by Gasteiger charge is 2.34. The van der Waals surface area contributed by atoms with E-state index in [1.807, 2.05) is 20.8 Å². The highest BCUT2D eigenvalue weighted by atomic mass is 16.6. The molecule has 4 heteroatoms. The molecule has 2 aliphatic rings. The second-order valence-corrected chi connectivity index (χ2v) is 6.60. The number of nitrogens with one attached hydrogen (secondary N) is 1. The van der Waals surface area contributed by atoms with E-state index in [2.05, 4.69) is 10.2 Å². The van der Waals surface area contributed by atoms with Crippen molar-refractivity contribution in [2.45, 2.75) is 77.0 Å². The van der Waals surface area contributed by atoms with E-state index in [9.17, 15) is 5.11 Å². The van der Waals surface area contributed by atoms with Crippen LogP contribution in [0.1, 0.15) is 52.9 Å². The molecule has 106 valence electrons. The third-order valence-electron chi connectivity index (χ3n) is 3.91. The molecule has 4 nitrogen and oxygen atoms in total. The van der Waals surface area contributed by atoms with Gasteiger partial charge in [-0.2, -0.15) is 0 Å². The van der Waals surface area contributed by atoms with Gasteiger partial charge in [0.05, 0.1) is 5.60 Å². The predicted molar refractivity (Wildman–Crippen MR) is 72.2 cm³/mol. The van der Waals surface area contributed by atoms with Crippen molar-refractivity contribution in [3.05, 3.63) is 0 Å². The molecule has 18 heavy (non-hydrogen) atoms. The van der Waals surface area contributed by atoms with Crippen LogP contribution in [-0.2, 0) is 4.74 Å². The number of ether oxygens (including phenoxy) is 1. The summed E-state index contributed by atoms with van der Waals surface area (Å²) >= 11 is 0. The van der Waals surface area contributed by atoms with Gasteiger partial charge in [0, 0.05) is 12.1 Å². The van der Waals surface area contributed by atoms with Crippen molar-refractivity contribution >= 4 is 0 Å². The summed E-state index contributed by atoms with van der Waals surface area (Å²) in [7, 11) is 0. The fourth-order valence-corrected chi connectivity index (χ4v) is 3.20. The number of hydrogen-bond donors (Lipinski definition) is 2. The molecule has 0 amide bonds. The molecule has 2 fully saturated rings. The minimum absolute atomic E-state index is 0.311. The maximum atomic E-state index is 9.95. The fourth-order valence-electron chi connectivity index (χ4n) is 3.20. The Morgan fingerprint density at radius 2 is 1.83 bits per heavy atom. The Kier molecular flexibility index (Phi) is 4.64. The molecule has 1 saturated carbocycles. The molecule has 0 spiro atoms. The van der Waals surface area contributed by atoms with Crippen LogP contribution in [0.3, 0.4) is 0 Å². The van der Waals surface area contributed by atoms with Crippen LogP contribution in [0.2, 0.25) is 0 Å². The lowest BCUT2D eigenvalue weighted by Gasteiger charge is -2.33. The Labute approximate surface area is 111 Å². The number of rotatable bonds is 4. The maximum Gasteiger partial charge on any atom is 0.214 e. The van der Waals surface area contributed by atoms with Gasteiger partial charge in [0.2, 0.25) is 6.41 Å². The van der Waals surface area contributed by atoms with Crippen molar-refractivity contribution < 1.29 is 9.84 Å². The number of likely N-dealkylation sites (tertiary alicyclic amines) is 1. The summed E-state index contributed by atoms with van der Waals surface area (Å²) < 4.78 is 5.54. The van der Waals surface area contributed by atoms with Gasteiger partial charge in [0.15, 0.2) is 0 Å². The quantitative estimate of drug-likeness (QED) is 0.751. The molecule has 3 atom stereocenters. The van der Waals surface area contributed by atoms with Crippen LogP contribution in [-0.4, -0.2) is 47.2 Å². The molecule has 1 unspecified atom stereocenters. The third-order valence-corrected chi connectivity index (χ3v) is 3.91.